The highest BCUT2D eigenvalue weighted by Gasteiger charge is 2.47. The molecule has 0 aliphatic heterocycles. The molecule has 1 aromatic rings. The number of amides is 1. The largest absolute Gasteiger partial charge is 0.397 e. The molecule has 1 aromatic heterocycles. The van der Waals surface area contributed by atoms with Crippen molar-refractivity contribution in [2.45, 2.75) is 19.3 Å². The van der Waals surface area contributed by atoms with E-state index in [-0.39, 0.29) is 11.8 Å². The lowest BCUT2D eigenvalue weighted by Gasteiger charge is -2.11. The van der Waals surface area contributed by atoms with Crippen LogP contribution in [0.3, 0.4) is 0 Å². The number of nitrogen functional groups attached to an aromatic ring is 1. The van der Waals surface area contributed by atoms with Crippen molar-refractivity contribution in [3.05, 3.63) is 18.3 Å². The van der Waals surface area contributed by atoms with Gasteiger partial charge in [-0.05, 0) is 43.2 Å². The summed E-state index contributed by atoms with van der Waals surface area (Å²) in [7, 11) is 0. The van der Waals surface area contributed by atoms with Crippen molar-refractivity contribution in [1.29, 1.82) is 0 Å². The first-order chi connectivity index (χ1) is 7.72. The third-order valence-corrected chi connectivity index (χ3v) is 3.65. The number of rotatable bonds is 2. The molecule has 0 radical (unpaired) electrons. The molecule has 1 heterocycles. The van der Waals surface area contributed by atoms with Crippen molar-refractivity contribution in [3.8, 4) is 0 Å². The number of anilines is 2. The monoisotopic (exact) mass is 217 g/mol. The summed E-state index contributed by atoms with van der Waals surface area (Å²) in [5.41, 5.74) is 6.14. The van der Waals surface area contributed by atoms with Crippen molar-refractivity contribution in [2.75, 3.05) is 11.1 Å². The molecule has 0 bridgehead atoms. The second-order valence-corrected chi connectivity index (χ2v) is 4.89. The predicted molar refractivity (Wildman–Crippen MR) is 61.6 cm³/mol. The molecule has 0 aromatic carbocycles. The van der Waals surface area contributed by atoms with E-state index in [1.165, 1.54) is 6.42 Å². The first kappa shape index (κ1) is 9.63. The van der Waals surface area contributed by atoms with E-state index in [0.29, 0.717) is 11.5 Å². The number of pyridine rings is 1. The van der Waals surface area contributed by atoms with Crippen LogP contribution in [0.1, 0.15) is 19.3 Å². The Morgan fingerprint density at radius 1 is 1.31 bits per heavy atom. The minimum absolute atomic E-state index is 0.115. The molecule has 2 aliphatic carbocycles. The number of fused-ring (bicyclic) bond motifs is 1. The number of nitrogens with zero attached hydrogens (tertiary/aromatic N) is 1. The maximum absolute atomic E-state index is 11.9. The van der Waals surface area contributed by atoms with E-state index in [4.69, 9.17) is 5.73 Å². The van der Waals surface area contributed by atoms with Crippen LogP contribution in [0.2, 0.25) is 0 Å². The van der Waals surface area contributed by atoms with Gasteiger partial charge in [-0.2, -0.15) is 0 Å². The summed E-state index contributed by atoms with van der Waals surface area (Å²) in [5.74, 6) is 2.57. The Hall–Kier alpha value is -1.58. The van der Waals surface area contributed by atoms with Crippen LogP contribution in [0, 0.1) is 17.8 Å². The predicted octanol–water partition coefficient (Wildman–Crippen LogP) is 1.65. The average Bonchev–Trinajstić information content (AvgIpc) is 2.89. The van der Waals surface area contributed by atoms with Gasteiger partial charge in [-0.25, -0.2) is 4.98 Å². The Balaban J connectivity index is 1.61. The topological polar surface area (TPSA) is 68.0 Å². The Kier molecular flexibility index (Phi) is 2.09. The van der Waals surface area contributed by atoms with Crippen LogP contribution in [0.15, 0.2) is 18.3 Å². The van der Waals surface area contributed by atoms with Crippen molar-refractivity contribution in [2.24, 2.45) is 17.8 Å². The Morgan fingerprint density at radius 2 is 2.06 bits per heavy atom. The lowest BCUT2D eigenvalue weighted by molar-refractivity contribution is -0.120. The van der Waals surface area contributed by atoms with Crippen molar-refractivity contribution in [3.63, 3.8) is 0 Å². The van der Waals surface area contributed by atoms with Crippen molar-refractivity contribution >= 4 is 17.4 Å². The maximum atomic E-state index is 11.9. The SMILES string of the molecule is Nc1ccc(NC(=O)C2CC3CC3C2)nc1. The zero-order valence-corrected chi connectivity index (χ0v) is 9.02. The lowest BCUT2D eigenvalue weighted by atomic mass is 10.0. The third kappa shape index (κ3) is 1.75. The molecule has 4 nitrogen and oxygen atoms in total. The van der Waals surface area contributed by atoms with Gasteiger partial charge >= 0.3 is 0 Å². The van der Waals surface area contributed by atoms with E-state index in [0.717, 1.165) is 24.7 Å². The first-order valence-corrected chi connectivity index (χ1v) is 5.75. The fourth-order valence-corrected chi connectivity index (χ4v) is 2.64. The molecule has 2 aliphatic rings. The first-order valence-electron chi connectivity index (χ1n) is 5.75. The van der Waals surface area contributed by atoms with Gasteiger partial charge < -0.3 is 11.1 Å². The van der Waals surface area contributed by atoms with Gasteiger partial charge in [0.2, 0.25) is 5.91 Å². The summed E-state index contributed by atoms with van der Waals surface area (Å²) < 4.78 is 0. The van der Waals surface area contributed by atoms with Crippen LogP contribution < -0.4 is 11.1 Å². The number of hydrogen-bond acceptors (Lipinski definition) is 3. The highest BCUT2D eigenvalue weighted by Crippen LogP contribution is 2.54. The minimum Gasteiger partial charge on any atom is -0.397 e. The third-order valence-electron chi connectivity index (χ3n) is 3.65. The number of nitrogens with one attached hydrogen (secondary N) is 1. The quantitative estimate of drug-likeness (QED) is 0.791. The summed E-state index contributed by atoms with van der Waals surface area (Å²) in [6.45, 7) is 0. The molecule has 3 rings (SSSR count). The molecule has 2 fully saturated rings. The molecule has 2 saturated carbocycles. The Labute approximate surface area is 94.2 Å². The summed E-state index contributed by atoms with van der Waals surface area (Å²) in [6.07, 6.45) is 5.02. The van der Waals surface area contributed by atoms with Gasteiger partial charge in [-0.3, -0.25) is 4.79 Å². The normalized spacial score (nSPS) is 30.9. The molecule has 1 amide bonds. The van der Waals surface area contributed by atoms with E-state index < -0.39 is 0 Å². The van der Waals surface area contributed by atoms with Gasteiger partial charge in [-0.1, -0.05) is 0 Å². The van der Waals surface area contributed by atoms with E-state index in [1.807, 2.05) is 0 Å². The van der Waals surface area contributed by atoms with Crippen LogP contribution in [0.5, 0.6) is 0 Å². The second kappa shape index (κ2) is 3.47. The molecule has 2 unspecified atom stereocenters. The standard InChI is InChI=1S/C12H15N3O/c13-10-1-2-11(14-6-10)15-12(16)9-4-7-3-8(7)5-9/h1-2,6-9H,3-5,13H2,(H,14,15,16). The highest BCUT2D eigenvalue weighted by atomic mass is 16.1. The van der Waals surface area contributed by atoms with Gasteiger partial charge in [0.1, 0.15) is 5.82 Å². The lowest BCUT2D eigenvalue weighted by Crippen LogP contribution is -2.22. The molecule has 4 heteroatoms. The van der Waals surface area contributed by atoms with Crippen molar-refractivity contribution < 1.29 is 4.79 Å². The van der Waals surface area contributed by atoms with Crippen LogP contribution in [0.4, 0.5) is 11.5 Å². The summed E-state index contributed by atoms with van der Waals surface area (Å²) in [6, 6.07) is 3.48. The maximum Gasteiger partial charge on any atom is 0.228 e. The number of aromatic nitrogens is 1. The van der Waals surface area contributed by atoms with Gasteiger partial charge in [0.05, 0.1) is 11.9 Å². The van der Waals surface area contributed by atoms with Gasteiger partial charge in [0.15, 0.2) is 0 Å². The molecule has 0 spiro atoms. The molecule has 84 valence electrons. The Bertz CT molecular complexity index is 405. The molecule has 3 N–H and O–H groups in total. The Morgan fingerprint density at radius 3 is 2.69 bits per heavy atom. The fourth-order valence-electron chi connectivity index (χ4n) is 2.64. The van der Waals surface area contributed by atoms with Gasteiger partial charge in [0, 0.05) is 5.92 Å². The van der Waals surface area contributed by atoms with Crippen LogP contribution in [-0.4, -0.2) is 10.9 Å². The molecular weight excluding hydrogens is 202 g/mol. The molecule has 2 atom stereocenters. The number of carbonyl (C=O) groups excluding carboxylic acids is 1. The van der Waals surface area contributed by atoms with Crippen LogP contribution in [-0.2, 0) is 4.79 Å². The number of carbonyl (C=O) groups is 1. The second-order valence-electron chi connectivity index (χ2n) is 4.89. The van der Waals surface area contributed by atoms with E-state index in [1.54, 1.807) is 18.3 Å². The molecule has 0 saturated heterocycles. The van der Waals surface area contributed by atoms with E-state index in [9.17, 15) is 4.79 Å². The van der Waals surface area contributed by atoms with E-state index in [2.05, 4.69) is 10.3 Å². The fraction of sp³-hybridized carbons (Fsp3) is 0.500. The summed E-state index contributed by atoms with van der Waals surface area (Å²) in [4.78, 5) is 15.9. The molecular formula is C12H15N3O. The average molecular weight is 217 g/mol. The van der Waals surface area contributed by atoms with E-state index >= 15 is 0 Å². The smallest absolute Gasteiger partial charge is 0.228 e. The number of hydrogen-bond donors (Lipinski definition) is 2. The zero-order chi connectivity index (χ0) is 11.1. The molecule has 16 heavy (non-hydrogen) atoms. The van der Waals surface area contributed by atoms with Gasteiger partial charge in [-0.15, -0.1) is 0 Å². The highest BCUT2D eigenvalue weighted by molar-refractivity contribution is 5.92. The zero-order valence-electron chi connectivity index (χ0n) is 9.02. The number of nitrogens with two attached hydrogens (primary N) is 1. The van der Waals surface area contributed by atoms with Crippen molar-refractivity contribution in [1.82, 2.24) is 4.98 Å². The summed E-state index contributed by atoms with van der Waals surface area (Å²) in [5, 5.41) is 2.85. The van der Waals surface area contributed by atoms with Crippen LogP contribution in [0.25, 0.3) is 0 Å². The van der Waals surface area contributed by atoms with Crippen LogP contribution >= 0.6 is 0 Å². The minimum atomic E-state index is 0.115. The van der Waals surface area contributed by atoms with Gasteiger partial charge in [0.25, 0.3) is 0 Å². The summed E-state index contributed by atoms with van der Waals surface area (Å²) >= 11 is 0.